The summed E-state index contributed by atoms with van der Waals surface area (Å²) >= 11 is 6.30. The largest absolute Gasteiger partial charge is 0.377 e. The first-order chi connectivity index (χ1) is 14.2. The Morgan fingerprint density at radius 3 is 2.62 bits per heavy atom. The molecule has 1 aliphatic carbocycles. The molecule has 5 rings (SSSR count). The number of allylic oxidation sites excluding steroid dienone is 2. The monoisotopic (exact) mass is 406 g/mol. The average molecular weight is 407 g/mol. The number of nitrogens with zero attached hydrogens (tertiary/aromatic N) is 1. The number of carbonyl (C=O) groups is 1. The third kappa shape index (κ3) is 3.46. The van der Waals surface area contributed by atoms with Crippen molar-refractivity contribution < 1.29 is 4.79 Å². The van der Waals surface area contributed by atoms with Crippen LogP contribution in [0.2, 0.25) is 5.02 Å². The highest BCUT2D eigenvalue weighted by Gasteiger charge is 2.39. The number of hydrogen-bond donors (Lipinski definition) is 1. The zero-order valence-corrected chi connectivity index (χ0v) is 17.4. The van der Waals surface area contributed by atoms with Crippen LogP contribution in [0.25, 0.3) is 0 Å². The molecule has 3 aliphatic rings. The minimum absolute atomic E-state index is 0.152. The number of halogens is 1. The van der Waals surface area contributed by atoms with Gasteiger partial charge in [0, 0.05) is 24.0 Å². The summed E-state index contributed by atoms with van der Waals surface area (Å²) in [4.78, 5) is 15.5. The number of likely N-dealkylation sites (tertiary alicyclic amines) is 1. The number of fused-ring (bicyclic) bond motifs is 3. The lowest BCUT2D eigenvalue weighted by Crippen LogP contribution is -2.35. The number of benzene rings is 2. The van der Waals surface area contributed by atoms with E-state index >= 15 is 0 Å². The van der Waals surface area contributed by atoms with E-state index in [1.54, 1.807) is 0 Å². The van der Waals surface area contributed by atoms with E-state index in [1.807, 2.05) is 18.2 Å². The summed E-state index contributed by atoms with van der Waals surface area (Å²) in [5, 5.41) is 4.53. The second-order valence-electron chi connectivity index (χ2n) is 8.51. The van der Waals surface area contributed by atoms with Crippen LogP contribution in [0.15, 0.2) is 54.6 Å². The van der Waals surface area contributed by atoms with E-state index in [4.69, 9.17) is 11.6 Å². The molecule has 2 aromatic rings. The molecule has 29 heavy (non-hydrogen) atoms. The minimum Gasteiger partial charge on any atom is -0.377 e. The van der Waals surface area contributed by atoms with E-state index in [1.165, 1.54) is 24.0 Å². The molecule has 150 valence electrons. The van der Waals surface area contributed by atoms with Gasteiger partial charge < -0.3 is 10.2 Å². The molecular formula is C25H27ClN2O. The first-order valence-corrected chi connectivity index (χ1v) is 11.2. The Morgan fingerprint density at radius 2 is 1.83 bits per heavy atom. The van der Waals surface area contributed by atoms with Gasteiger partial charge in [0.2, 0.25) is 0 Å². The first kappa shape index (κ1) is 18.7. The molecule has 1 fully saturated rings. The standard InChI is InChI=1S/C25H27ClN2O/c26-18-9-5-8-17(16-18)23-20-11-6-10-19(20)21-12-7-13-22(24(21)27-23)25(29)28-14-3-1-2-4-15-28/h5-10,12-13,16,19-20,23,27H,1-4,11,14-15H2. The molecule has 0 saturated carbocycles. The molecule has 3 unspecified atom stereocenters. The van der Waals surface area contributed by atoms with Gasteiger partial charge in [0.25, 0.3) is 5.91 Å². The molecule has 0 aromatic heterocycles. The van der Waals surface area contributed by atoms with Gasteiger partial charge in [-0.05, 0) is 54.5 Å². The van der Waals surface area contributed by atoms with Crippen LogP contribution in [-0.4, -0.2) is 23.9 Å². The van der Waals surface area contributed by atoms with Crippen molar-refractivity contribution in [3.05, 3.63) is 76.3 Å². The third-order valence-electron chi connectivity index (χ3n) is 6.73. The van der Waals surface area contributed by atoms with E-state index in [2.05, 4.69) is 46.6 Å². The van der Waals surface area contributed by atoms with Crippen LogP contribution in [-0.2, 0) is 0 Å². The Balaban J connectivity index is 1.54. The molecular weight excluding hydrogens is 380 g/mol. The lowest BCUT2D eigenvalue weighted by Gasteiger charge is -2.38. The van der Waals surface area contributed by atoms with Gasteiger partial charge in [-0.25, -0.2) is 0 Å². The van der Waals surface area contributed by atoms with Gasteiger partial charge in [-0.1, -0.05) is 60.9 Å². The summed E-state index contributed by atoms with van der Waals surface area (Å²) in [6.45, 7) is 1.73. The molecule has 1 N–H and O–H groups in total. The van der Waals surface area contributed by atoms with Crippen LogP contribution in [0, 0.1) is 5.92 Å². The summed E-state index contributed by atoms with van der Waals surface area (Å²) in [7, 11) is 0. The maximum Gasteiger partial charge on any atom is 0.255 e. The summed E-state index contributed by atoms with van der Waals surface area (Å²) in [5.41, 5.74) is 4.27. The molecule has 2 aromatic carbocycles. The highest BCUT2D eigenvalue weighted by molar-refractivity contribution is 6.30. The Kier molecular flexibility index (Phi) is 5.09. The molecule has 3 nitrogen and oxygen atoms in total. The van der Waals surface area contributed by atoms with Gasteiger partial charge in [-0.3, -0.25) is 4.79 Å². The van der Waals surface area contributed by atoms with Crippen molar-refractivity contribution in [2.24, 2.45) is 5.92 Å². The van der Waals surface area contributed by atoms with Crippen molar-refractivity contribution in [3.8, 4) is 0 Å². The van der Waals surface area contributed by atoms with Gasteiger partial charge in [0.1, 0.15) is 0 Å². The van der Waals surface area contributed by atoms with Crippen LogP contribution in [0.5, 0.6) is 0 Å². The van der Waals surface area contributed by atoms with Gasteiger partial charge in [-0.15, -0.1) is 0 Å². The number of carbonyl (C=O) groups excluding carboxylic acids is 1. The van der Waals surface area contributed by atoms with E-state index < -0.39 is 0 Å². The number of nitrogens with one attached hydrogen (secondary N) is 1. The normalized spacial score (nSPS) is 25.7. The van der Waals surface area contributed by atoms with Gasteiger partial charge in [0.05, 0.1) is 17.3 Å². The van der Waals surface area contributed by atoms with Crippen LogP contribution in [0.3, 0.4) is 0 Å². The lowest BCUT2D eigenvalue weighted by molar-refractivity contribution is 0.0762. The van der Waals surface area contributed by atoms with Crippen molar-refractivity contribution in [1.82, 2.24) is 4.90 Å². The van der Waals surface area contributed by atoms with Crippen molar-refractivity contribution in [1.29, 1.82) is 0 Å². The maximum absolute atomic E-state index is 13.5. The molecule has 0 spiro atoms. The second kappa shape index (κ2) is 7.87. The fourth-order valence-corrected chi connectivity index (χ4v) is 5.47. The molecule has 2 heterocycles. The zero-order valence-electron chi connectivity index (χ0n) is 16.6. The van der Waals surface area contributed by atoms with Crippen molar-refractivity contribution >= 4 is 23.2 Å². The predicted octanol–water partition coefficient (Wildman–Crippen LogP) is 6.18. The SMILES string of the molecule is O=C(c1cccc2c1NC(c1cccc(Cl)c1)C1CC=CC21)N1CCCCCC1. The zero-order chi connectivity index (χ0) is 19.8. The fraction of sp³-hybridized carbons (Fsp3) is 0.400. The van der Waals surface area contributed by atoms with E-state index in [0.717, 1.165) is 48.6 Å². The number of rotatable bonds is 2. The quantitative estimate of drug-likeness (QED) is 0.603. The molecule has 0 bridgehead atoms. The molecule has 4 heteroatoms. The van der Waals surface area contributed by atoms with Gasteiger partial charge in [-0.2, -0.15) is 0 Å². The first-order valence-electron chi connectivity index (χ1n) is 10.8. The van der Waals surface area contributed by atoms with Crippen molar-refractivity contribution in [3.63, 3.8) is 0 Å². The van der Waals surface area contributed by atoms with Crippen LogP contribution >= 0.6 is 11.6 Å². The van der Waals surface area contributed by atoms with E-state index in [9.17, 15) is 4.79 Å². The molecule has 1 saturated heterocycles. The van der Waals surface area contributed by atoms with Crippen LogP contribution < -0.4 is 5.32 Å². The topological polar surface area (TPSA) is 32.3 Å². The fourth-order valence-electron chi connectivity index (χ4n) is 5.27. The van der Waals surface area contributed by atoms with E-state index in [0.29, 0.717) is 11.8 Å². The van der Waals surface area contributed by atoms with Crippen LogP contribution in [0.4, 0.5) is 5.69 Å². The van der Waals surface area contributed by atoms with Crippen LogP contribution in [0.1, 0.15) is 65.5 Å². The summed E-state index contributed by atoms with van der Waals surface area (Å²) < 4.78 is 0. The number of hydrogen-bond acceptors (Lipinski definition) is 2. The molecule has 2 aliphatic heterocycles. The van der Waals surface area contributed by atoms with Crippen molar-refractivity contribution in [2.45, 2.75) is 44.1 Å². The van der Waals surface area contributed by atoms with Gasteiger partial charge in [0.15, 0.2) is 0 Å². The summed E-state index contributed by atoms with van der Waals surface area (Å²) in [6.07, 6.45) is 10.3. The Bertz CT molecular complexity index is 946. The number of anilines is 1. The second-order valence-corrected chi connectivity index (χ2v) is 8.94. The number of para-hydroxylation sites is 1. The Morgan fingerprint density at radius 1 is 1.03 bits per heavy atom. The summed E-state index contributed by atoms with van der Waals surface area (Å²) in [6, 6.07) is 14.5. The Hall–Kier alpha value is -2.26. The van der Waals surface area contributed by atoms with Gasteiger partial charge >= 0.3 is 0 Å². The highest BCUT2D eigenvalue weighted by atomic mass is 35.5. The highest BCUT2D eigenvalue weighted by Crippen LogP contribution is 2.50. The Labute approximate surface area is 177 Å². The molecule has 3 atom stereocenters. The predicted molar refractivity (Wildman–Crippen MR) is 119 cm³/mol. The average Bonchev–Trinajstić information content (AvgIpc) is 3.08. The smallest absolute Gasteiger partial charge is 0.255 e. The van der Waals surface area contributed by atoms with E-state index in [-0.39, 0.29) is 11.9 Å². The summed E-state index contributed by atoms with van der Waals surface area (Å²) in [5.74, 6) is 0.957. The minimum atomic E-state index is 0.152. The lowest BCUT2D eigenvalue weighted by atomic mass is 9.76. The molecule has 0 radical (unpaired) electrons. The third-order valence-corrected chi connectivity index (χ3v) is 6.96. The number of amides is 1. The van der Waals surface area contributed by atoms with Crippen molar-refractivity contribution in [2.75, 3.05) is 18.4 Å². The maximum atomic E-state index is 13.5. The molecule has 1 amide bonds.